The van der Waals surface area contributed by atoms with Gasteiger partial charge in [0.25, 0.3) is 5.91 Å². The van der Waals surface area contributed by atoms with E-state index in [1.54, 1.807) is 23.2 Å². The average molecular weight is 289 g/mol. The summed E-state index contributed by atoms with van der Waals surface area (Å²) < 4.78 is 9.98. The number of amides is 1. The highest BCUT2D eigenvalue weighted by molar-refractivity contribution is 5.98. The molecule has 110 valence electrons. The number of rotatable bonds is 2. The fraction of sp³-hybridized carbons (Fsp3) is 0.357. The number of aromatic nitrogens is 2. The highest BCUT2D eigenvalue weighted by atomic mass is 16.6. The van der Waals surface area contributed by atoms with Crippen molar-refractivity contribution in [3.05, 3.63) is 30.0 Å². The van der Waals surface area contributed by atoms with Crippen LogP contribution in [0.2, 0.25) is 0 Å². The first-order chi connectivity index (χ1) is 10.2. The number of ether oxygens (including phenoxy) is 2. The maximum absolute atomic E-state index is 12.5. The summed E-state index contributed by atoms with van der Waals surface area (Å²) in [5, 5.41) is 7.71. The Morgan fingerprint density at radius 3 is 3.14 bits per heavy atom. The number of benzene rings is 1. The monoisotopic (exact) mass is 289 g/mol. The lowest BCUT2D eigenvalue weighted by Crippen LogP contribution is -2.48. The summed E-state index contributed by atoms with van der Waals surface area (Å²) >= 11 is 0. The second kappa shape index (κ2) is 5.53. The molecule has 1 aliphatic rings. The van der Waals surface area contributed by atoms with E-state index in [0.29, 0.717) is 18.7 Å². The van der Waals surface area contributed by atoms with Gasteiger partial charge in [0, 0.05) is 17.5 Å². The number of aromatic amines is 1. The molecule has 7 nitrogen and oxygen atoms in total. The van der Waals surface area contributed by atoms with E-state index in [-0.39, 0.29) is 12.5 Å². The maximum Gasteiger partial charge on any atom is 0.336 e. The minimum atomic E-state index is -0.719. The van der Waals surface area contributed by atoms with E-state index in [4.69, 9.17) is 4.74 Å². The van der Waals surface area contributed by atoms with Gasteiger partial charge >= 0.3 is 5.97 Å². The molecular formula is C14H15N3O4. The van der Waals surface area contributed by atoms with Crippen LogP contribution in [0.3, 0.4) is 0 Å². The zero-order valence-corrected chi connectivity index (χ0v) is 11.5. The van der Waals surface area contributed by atoms with Crippen LogP contribution in [0.1, 0.15) is 10.4 Å². The number of morpholine rings is 1. The first-order valence-corrected chi connectivity index (χ1v) is 6.61. The van der Waals surface area contributed by atoms with Crippen LogP contribution in [0.15, 0.2) is 24.4 Å². The Balaban J connectivity index is 1.78. The van der Waals surface area contributed by atoms with Gasteiger partial charge in [0.1, 0.15) is 0 Å². The van der Waals surface area contributed by atoms with E-state index in [1.807, 2.05) is 6.07 Å². The van der Waals surface area contributed by atoms with Crippen molar-refractivity contribution in [2.24, 2.45) is 0 Å². The molecule has 2 heterocycles. The number of H-pyrrole nitrogens is 1. The average Bonchev–Trinajstić information content (AvgIpc) is 3.01. The number of methoxy groups -OCH3 is 1. The van der Waals surface area contributed by atoms with Crippen LogP contribution < -0.4 is 0 Å². The lowest BCUT2D eigenvalue weighted by Gasteiger charge is -2.31. The molecule has 21 heavy (non-hydrogen) atoms. The number of hydrogen-bond acceptors (Lipinski definition) is 5. The third-order valence-electron chi connectivity index (χ3n) is 3.51. The van der Waals surface area contributed by atoms with E-state index in [0.717, 1.165) is 10.9 Å². The Hall–Kier alpha value is -2.41. The Morgan fingerprint density at radius 2 is 2.33 bits per heavy atom. The third-order valence-corrected chi connectivity index (χ3v) is 3.51. The van der Waals surface area contributed by atoms with Crippen LogP contribution >= 0.6 is 0 Å². The molecule has 0 saturated carbocycles. The number of hydrogen-bond donors (Lipinski definition) is 1. The Labute approximate surface area is 120 Å². The van der Waals surface area contributed by atoms with E-state index < -0.39 is 12.1 Å². The van der Waals surface area contributed by atoms with Gasteiger partial charge in [-0.3, -0.25) is 9.89 Å². The van der Waals surface area contributed by atoms with Crippen molar-refractivity contribution >= 4 is 22.8 Å². The highest BCUT2D eigenvalue weighted by Crippen LogP contribution is 2.16. The van der Waals surface area contributed by atoms with Gasteiger partial charge in [0.05, 0.1) is 32.0 Å². The van der Waals surface area contributed by atoms with E-state index in [9.17, 15) is 9.59 Å². The summed E-state index contributed by atoms with van der Waals surface area (Å²) in [7, 11) is 1.30. The highest BCUT2D eigenvalue weighted by Gasteiger charge is 2.30. The van der Waals surface area contributed by atoms with E-state index in [1.165, 1.54) is 7.11 Å². The first-order valence-electron chi connectivity index (χ1n) is 6.61. The summed E-state index contributed by atoms with van der Waals surface area (Å²) in [5.74, 6) is -0.597. The standard InChI is InChI=1S/C14H15N3O4/c1-20-14(19)12-8-17(4-5-21-12)13(18)9-2-3-10-7-15-16-11(10)6-9/h2-3,6-7,12H,4-5,8H2,1H3,(H,15,16). The molecule has 1 unspecified atom stereocenters. The molecule has 1 aromatic heterocycles. The molecule has 7 heteroatoms. The van der Waals surface area contributed by atoms with Crippen LogP contribution in [0, 0.1) is 0 Å². The lowest BCUT2D eigenvalue weighted by atomic mass is 10.1. The Kier molecular flexibility index (Phi) is 3.57. The number of nitrogens with zero attached hydrogens (tertiary/aromatic N) is 2. The summed E-state index contributed by atoms with van der Waals surface area (Å²) in [5.41, 5.74) is 1.36. The van der Waals surface area contributed by atoms with E-state index in [2.05, 4.69) is 14.9 Å². The fourth-order valence-electron chi connectivity index (χ4n) is 2.36. The zero-order chi connectivity index (χ0) is 14.8. The summed E-state index contributed by atoms with van der Waals surface area (Å²) in [4.78, 5) is 25.6. The predicted molar refractivity (Wildman–Crippen MR) is 73.8 cm³/mol. The summed E-state index contributed by atoms with van der Waals surface area (Å²) in [6.07, 6.45) is 0.981. The third kappa shape index (κ3) is 2.59. The molecular weight excluding hydrogens is 274 g/mol. The van der Waals surface area contributed by atoms with Gasteiger partial charge in [-0.05, 0) is 12.1 Å². The molecule has 3 rings (SSSR count). The van der Waals surface area contributed by atoms with Crippen LogP contribution in [-0.4, -0.2) is 59.9 Å². The van der Waals surface area contributed by atoms with Crippen molar-refractivity contribution in [2.45, 2.75) is 6.10 Å². The van der Waals surface area contributed by atoms with Crippen LogP contribution in [0.5, 0.6) is 0 Å². The van der Waals surface area contributed by atoms with Gasteiger partial charge < -0.3 is 14.4 Å². The fourth-order valence-corrected chi connectivity index (χ4v) is 2.36. The quantitative estimate of drug-likeness (QED) is 0.817. The van der Waals surface area contributed by atoms with Crippen LogP contribution in [0.4, 0.5) is 0 Å². The van der Waals surface area contributed by atoms with Gasteiger partial charge in [-0.1, -0.05) is 6.07 Å². The normalized spacial score (nSPS) is 18.7. The van der Waals surface area contributed by atoms with Gasteiger partial charge in [-0.25, -0.2) is 4.79 Å². The molecule has 1 aromatic carbocycles. The van der Waals surface area contributed by atoms with Crippen molar-refractivity contribution in [3.8, 4) is 0 Å². The number of esters is 1. The molecule has 0 spiro atoms. The van der Waals surface area contributed by atoms with Crippen molar-refractivity contribution in [2.75, 3.05) is 26.8 Å². The summed E-state index contributed by atoms with van der Waals surface area (Å²) in [6, 6.07) is 5.35. The SMILES string of the molecule is COC(=O)C1CN(C(=O)c2ccc3cn[nH]c3c2)CCO1. The minimum Gasteiger partial charge on any atom is -0.467 e. The van der Waals surface area contributed by atoms with Gasteiger partial charge in [0.2, 0.25) is 0 Å². The Morgan fingerprint density at radius 1 is 1.48 bits per heavy atom. The number of carbonyl (C=O) groups is 2. The van der Waals surface area contributed by atoms with Crippen molar-refractivity contribution < 1.29 is 19.1 Å². The van der Waals surface area contributed by atoms with Crippen LogP contribution in [0.25, 0.3) is 10.9 Å². The minimum absolute atomic E-state index is 0.135. The second-order valence-electron chi connectivity index (χ2n) is 4.81. The first kappa shape index (κ1) is 13.6. The molecule has 1 aliphatic heterocycles. The molecule has 1 N–H and O–H groups in total. The summed E-state index contributed by atoms with van der Waals surface area (Å²) in [6.45, 7) is 0.970. The largest absolute Gasteiger partial charge is 0.467 e. The lowest BCUT2D eigenvalue weighted by molar-refractivity contribution is -0.158. The van der Waals surface area contributed by atoms with Crippen LogP contribution in [-0.2, 0) is 14.3 Å². The van der Waals surface area contributed by atoms with Gasteiger partial charge in [-0.2, -0.15) is 5.10 Å². The molecule has 0 bridgehead atoms. The topological polar surface area (TPSA) is 84.5 Å². The second-order valence-corrected chi connectivity index (χ2v) is 4.81. The predicted octanol–water partition coefficient (Wildman–Crippen LogP) is 0.577. The van der Waals surface area contributed by atoms with Crippen molar-refractivity contribution in [1.29, 1.82) is 0 Å². The van der Waals surface area contributed by atoms with E-state index >= 15 is 0 Å². The molecule has 1 atom stereocenters. The van der Waals surface area contributed by atoms with Gasteiger partial charge in [0.15, 0.2) is 6.10 Å². The molecule has 2 aromatic rings. The van der Waals surface area contributed by atoms with Crippen molar-refractivity contribution in [1.82, 2.24) is 15.1 Å². The number of nitrogens with one attached hydrogen (secondary N) is 1. The molecule has 0 radical (unpaired) electrons. The van der Waals surface area contributed by atoms with Crippen molar-refractivity contribution in [3.63, 3.8) is 0 Å². The molecule has 0 aliphatic carbocycles. The molecule has 1 saturated heterocycles. The van der Waals surface area contributed by atoms with Gasteiger partial charge in [-0.15, -0.1) is 0 Å². The molecule has 1 amide bonds. The maximum atomic E-state index is 12.5. The molecule has 1 fully saturated rings. The number of fused-ring (bicyclic) bond motifs is 1. The Bertz CT molecular complexity index is 682. The zero-order valence-electron chi connectivity index (χ0n) is 11.5. The number of carbonyl (C=O) groups excluding carboxylic acids is 2. The smallest absolute Gasteiger partial charge is 0.336 e.